The monoisotopic (exact) mass is 557 g/mol. The number of esters is 1. The molecule has 4 N–H and O–H groups in total. The molecule has 3 amide bonds. The summed E-state index contributed by atoms with van der Waals surface area (Å²) < 4.78 is 15.5. The Bertz CT molecular complexity index is 1160. The Morgan fingerprint density at radius 1 is 0.875 bits per heavy atom. The predicted octanol–water partition coefficient (Wildman–Crippen LogP) is 3.01. The number of methoxy groups -OCH3 is 1. The van der Waals surface area contributed by atoms with Crippen LogP contribution in [0.3, 0.4) is 0 Å². The Labute approximate surface area is 232 Å². The summed E-state index contributed by atoms with van der Waals surface area (Å²) in [5, 5.41) is 16.5. The van der Waals surface area contributed by atoms with Gasteiger partial charge in [-0.1, -0.05) is 30.3 Å². The Morgan fingerprint density at radius 3 is 2.10 bits per heavy atom. The molecule has 0 saturated carbocycles. The molecule has 0 heterocycles. The van der Waals surface area contributed by atoms with Crippen LogP contribution in [0.5, 0.6) is 5.75 Å². The average molecular weight is 558 g/mol. The predicted molar refractivity (Wildman–Crippen MR) is 144 cm³/mol. The van der Waals surface area contributed by atoms with Crippen LogP contribution in [-0.4, -0.2) is 59.7 Å². The molecule has 0 fully saturated rings. The Morgan fingerprint density at radius 2 is 1.52 bits per heavy atom. The van der Waals surface area contributed by atoms with E-state index in [1.165, 1.54) is 7.11 Å². The Balaban J connectivity index is 2.16. The van der Waals surface area contributed by atoms with Crippen LogP contribution in [0.2, 0.25) is 0 Å². The zero-order valence-corrected chi connectivity index (χ0v) is 22.9. The molecule has 0 aliphatic heterocycles. The van der Waals surface area contributed by atoms with Crippen molar-refractivity contribution < 1.29 is 43.3 Å². The molecular formula is C28H35N3O9. The molecule has 0 spiro atoms. The zero-order chi connectivity index (χ0) is 29.7. The van der Waals surface area contributed by atoms with Gasteiger partial charge in [-0.05, 0) is 57.0 Å². The molecule has 2 rings (SSSR count). The van der Waals surface area contributed by atoms with Crippen molar-refractivity contribution in [3.63, 3.8) is 0 Å². The molecule has 2 unspecified atom stereocenters. The molecule has 2 atom stereocenters. The van der Waals surface area contributed by atoms with Crippen molar-refractivity contribution in [1.29, 1.82) is 0 Å². The van der Waals surface area contributed by atoms with E-state index in [1.807, 2.05) is 0 Å². The van der Waals surface area contributed by atoms with E-state index in [2.05, 4.69) is 16.0 Å². The Kier molecular flexibility index (Phi) is 11.9. The normalized spacial score (nSPS) is 12.3. The number of alkyl carbamates (subject to hydrolysis) is 1. The van der Waals surface area contributed by atoms with Crippen LogP contribution in [-0.2, 0) is 35.3 Å². The highest BCUT2D eigenvalue weighted by Crippen LogP contribution is 2.16. The van der Waals surface area contributed by atoms with Crippen LogP contribution in [0, 0.1) is 0 Å². The molecule has 216 valence electrons. The van der Waals surface area contributed by atoms with Gasteiger partial charge in [-0.2, -0.15) is 0 Å². The van der Waals surface area contributed by atoms with Gasteiger partial charge < -0.3 is 35.3 Å². The van der Waals surface area contributed by atoms with E-state index in [0.29, 0.717) is 17.0 Å². The summed E-state index contributed by atoms with van der Waals surface area (Å²) in [4.78, 5) is 62.4. The first-order valence-electron chi connectivity index (χ1n) is 12.5. The number of ether oxygens (including phenoxy) is 3. The number of carbonyl (C=O) groups excluding carboxylic acids is 4. The summed E-state index contributed by atoms with van der Waals surface area (Å²) in [5.41, 5.74) is 0.233. The number of amides is 3. The summed E-state index contributed by atoms with van der Waals surface area (Å²) >= 11 is 0. The highest BCUT2D eigenvalue weighted by molar-refractivity contribution is 5.99. The van der Waals surface area contributed by atoms with Crippen molar-refractivity contribution in [2.45, 2.75) is 64.3 Å². The molecule has 2 aromatic carbocycles. The highest BCUT2D eigenvalue weighted by Gasteiger charge is 2.31. The fourth-order valence-electron chi connectivity index (χ4n) is 3.38. The fraction of sp³-hybridized carbons (Fsp3) is 0.393. The maximum Gasteiger partial charge on any atom is 0.408 e. The lowest BCUT2D eigenvalue weighted by Gasteiger charge is -2.24. The van der Waals surface area contributed by atoms with Crippen molar-refractivity contribution in [2.75, 3.05) is 12.4 Å². The third kappa shape index (κ3) is 11.8. The minimum Gasteiger partial charge on any atom is -0.497 e. The van der Waals surface area contributed by atoms with Gasteiger partial charge in [-0.3, -0.25) is 19.2 Å². The summed E-state index contributed by atoms with van der Waals surface area (Å²) in [6.45, 7) is 4.85. The standard InChI is InChI=1S/C28H35N3O9/c1-28(2,3)40-24(34)16-22(31-27(37)39-17-18-8-6-5-7-9-18)26(36)30-21(14-15-23(32)33)25(35)29-19-10-12-20(38-4)13-11-19/h5-13,21-22H,14-17H2,1-4H3,(H,29,35)(H,30,36)(H,31,37)(H,32,33). The van der Waals surface area contributed by atoms with Crippen molar-refractivity contribution in [3.8, 4) is 5.75 Å². The highest BCUT2D eigenvalue weighted by atomic mass is 16.6. The quantitative estimate of drug-likeness (QED) is 0.270. The van der Waals surface area contributed by atoms with Crippen LogP contribution in [0.25, 0.3) is 0 Å². The molecule has 2 aromatic rings. The number of carbonyl (C=O) groups is 5. The first kappa shape index (κ1) is 31.6. The lowest BCUT2D eigenvalue weighted by molar-refractivity contribution is -0.156. The van der Waals surface area contributed by atoms with Gasteiger partial charge in [0, 0.05) is 12.1 Å². The maximum absolute atomic E-state index is 13.2. The van der Waals surface area contributed by atoms with Gasteiger partial charge in [0.15, 0.2) is 0 Å². The summed E-state index contributed by atoms with van der Waals surface area (Å²) in [7, 11) is 1.49. The van der Waals surface area contributed by atoms with Gasteiger partial charge in [0.25, 0.3) is 0 Å². The first-order chi connectivity index (χ1) is 18.9. The number of hydrogen-bond acceptors (Lipinski definition) is 8. The van der Waals surface area contributed by atoms with E-state index in [1.54, 1.807) is 75.4 Å². The molecule has 0 aromatic heterocycles. The number of rotatable bonds is 13. The van der Waals surface area contributed by atoms with E-state index >= 15 is 0 Å². The van der Waals surface area contributed by atoms with Crippen LogP contribution in [0.1, 0.15) is 45.6 Å². The Hall–Kier alpha value is -4.61. The smallest absolute Gasteiger partial charge is 0.408 e. The molecule has 0 bridgehead atoms. The van der Waals surface area contributed by atoms with E-state index in [9.17, 15) is 24.0 Å². The molecule has 0 saturated heterocycles. The molecule has 0 radical (unpaired) electrons. The molecule has 12 nitrogen and oxygen atoms in total. The van der Waals surface area contributed by atoms with Gasteiger partial charge in [-0.15, -0.1) is 0 Å². The zero-order valence-electron chi connectivity index (χ0n) is 22.9. The SMILES string of the molecule is COc1ccc(NC(=O)C(CCC(=O)O)NC(=O)C(CC(=O)OC(C)(C)C)NC(=O)OCc2ccccc2)cc1. The van der Waals surface area contributed by atoms with Crippen molar-refractivity contribution in [3.05, 3.63) is 60.2 Å². The first-order valence-corrected chi connectivity index (χ1v) is 12.5. The second-order valence-electron chi connectivity index (χ2n) is 9.76. The third-order valence-corrected chi connectivity index (χ3v) is 5.25. The summed E-state index contributed by atoms with van der Waals surface area (Å²) in [6.07, 6.45) is -2.21. The minimum atomic E-state index is -1.47. The van der Waals surface area contributed by atoms with E-state index in [-0.39, 0.29) is 13.0 Å². The van der Waals surface area contributed by atoms with Gasteiger partial charge in [0.1, 0.15) is 30.0 Å². The lowest BCUT2D eigenvalue weighted by Crippen LogP contribution is -2.53. The van der Waals surface area contributed by atoms with E-state index < -0.39 is 60.4 Å². The van der Waals surface area contributed by atoms with Crippen molar-refractivity contribution in [2.24, 2.45) is 0 Å². The van der Waals surface area contributed by atoms with Gasteiger partial charge in [0.05, 0.1) is 13.5 Å². The second kappa shape index (κ2) is 15.1. The number of nitrogens with one attached hydrogen (secondary N) is 3. The lowest BCUT2D eigenvalue weighted by atomic mass is 10.1. The van der Waals surface area contributed by atoms with E-state index in [0.717, 1.165) is 0 Å². The summed E-state index contributed by atoms with van der Waals surface area (Å²) in [6, 6.07) is 12.4. The molecule has 12 heteroatoms. The number of anilines is 1. The second-order valence-corrected chi connectivity index (χ2v) is 9.76. The average Bonchev–Trinajstić information content (AvgIpc) is 2.89. The summed E-state index contributed by atoms with van der Waals surface area (Å²) in [5.74, 6) is -2.99. The number of carboxylic acids is 1. The van der Waals surface area contributed by atoms with Crippen LogP contribution in [0.15, 0.2) is 54.6 Å². The van der Waals surface area contributed by atoms with E-state index in [4.69, 9.17) is 19.3 Å². The van der Waals surface area contributed by atoms with Gasteiger partial charge >= 0.3 is 18.0 Å². The van der Waals surface area contributed by atoms with Crippen LogP contribution >= 0.6 is 0 Å². The number of hydrogen-bond donors (Lipinski definition) is 4. The minimum absolute atomic E-state index is 0.0844. The fourth-order valence-corrected chi connectivity index (χ4v) is 3.38. The van der Waals surface area contributed by atoms with Crippen LogP contribution < -0.4 is 20.7 Å². The largest absolute Gasteiger partial charge is 0.497 e. The third-order valence-electron chi connectivity index (χ3n) is 5.25. The van der Waals surface area contributed by atoms with Crippen LogP contribution in [0.4, 0.5) is 10.5 Å². The molecular weight excluding hydrogens is 522 g/mol. The molecule has 0 aliphatic rings. The number of aliphatic carboxylic acids is 1. The molecule has 40 heavy (non-hydrogen) atoms. The van der Waals surface area contributed by atoms with Crippen molar-refractivity contribution >= 4 is 35.5 Å². The van der Waals surface area contributed by atoms with Gasteiger partial charge in [0.2, 0.25) is 11.8 Å². The number of benzene rings is 2. The molecule has 0 aliphatic carbocycles. The van der Waals surface area contributed by atoms with Gasteiger partial charge in [-0.25, -0.2) is 4.79 Å². The number of carboxylic acid groups (broad SMARTS) is 1. The van der Waals surface area contributed by atoms with Crippen molar-refractivity contribution in [1.82, 2.24) is 10.6 Å². The topological polar surface area (TPSA) is 169 Å². The maximum atomic E-state index is 13.2.